The lowest BCUT2D eigenvalue weighted by atomic mass is 10.3. The zero-order valence-corrected chi connectivity index (χ0v) is 12.9. The molecule has 2 N–H and O–H groups in total. The highest BCUT2D eigenvalue weighted by molar-refractivity contribution is 6.02. The van der Waals surface area contributed by atoms with E-state index >= 15 is 0 Å². The number of anilines is 1. The van der Waals surface area contributed by atoms with E-state index in [4.69, 9.17) is 9.84 Å². The highest BCUT2D eigenvalue weighted by Gasteiger charge is 2.10. The van der Waals surface area contributed by atoms with Gasteiger partial charge >= 0.3 is 0 Å². The molecule has 6 heteroatoms. The van der Waals surface area contributed by atoms with Crippen LogP contribution >= 0.6 is 0 Å². The smallest absolute Gasteiger partial charge is 0.276 e. The summed E-state index contributed by atoms with van der Waals surface area (Å²) in [7, 11) is 0. The number of aliphatic hydroxyl groups excluding tert-OH is 1. The molecule has 3 rings (SSSR count). The van der Waals surface area contributed by atoms with Gasteiger partial charge in [0.1, 0.15) is 12.4 Å². The number of benzene rings is 2. The number of carbonyl (C=O) groups is 1. The quantitative estimate of drug-likeness (QED) is 0.731. The Morgan fingerprint density at radius 1 is 1.08 bits per heavy atom. The first-order valence-corrected chi connectivity index (χ1v) is 7.52. The maximum Gasteiger partial charge on any atom is 0.276 e. The van der Waals surface area contributed by atoms with Crippen LogP contribution in [0.3, 0.4) is 0 Å². The molecule has 0 atom stereocenters. The summed E-state index contributed by atoms with van der Waals surface area (Å²) in [5, 5.41) is 15.8. The highest BCUT2D eigenvalue weighted by Crippen LogP contribution is 2.16. The fourth-order valence-corrected chi connectivity index (χ4v) is 2.16. The highest BCUT2D eigenvalue weighted by atomic mass is 16.5. The van der Waals surface area contributed by atoms with Crippen molar-refractivity contribution in [1.82, 2.24) is 9.78 Å². The molecule has 0 fully saturated rings. The zero-order chi connectivity index (χ0) is 16.8. The number of nitrogens with zero attached hydrogens (tertiary/aromatic N) is 2. The Morgan fingerprint density at radius 3 is 2.54 bits per heavy atom. The van der Waals surface area contributed by atoms with Gasteiger partial charge in [0.2, 0.25) is 0 Å². The van der Waals surface area contributed by atoms with E-state index in [0.29, 0.717) is 17.1 Å². The van der Waals surface area contributed by atoms with Gasteiger partial charge in [-0.2, -0.15) is 5.10 Å². The van der Waals surface area contributed by atoms with Crippen molar-refractivity contribution in [2.45, 2.75) is 0 Å². The van der Waals surface area contributed by atoms with Crippen molar-refractivity contribution in [2.75, 3.05) is 18.5 Å². The second kappa shape index (κ2) is 7.43. The molecule has 0 saturated heterocycles. The van der Waals surface area contributed by atoms with Gasteiger partial charge in [0, 0.05) is 11.9 Å². The van der Waals surface area contributed by atoms with Crippen LogP contribution in [0.1, 0.15) is 10.5 Å². The normalized spacial score (nSPS) is 10.4. The number of carbonyl (C=O) groups excluding carboxylic acids is 1. The zero-order valence-electron chi connectivity index (χ0n) is 12.9. The summed E-state index contributed by atoms with van der Waals surface area (Å²) < 4.78 is 6.93. The third-order valence-corrected chi connectivity index (χ3v) is 3.31. The standard InChI is InChI=1S/C18H17N3O3/c22-12-13-24-16-8-6-14(7-9-16)19-18(23)17-10-11-21(20-17)15-4-2-1-3-5-15/h1-11,22H,12-13H2,(H,19,23). The predicted molar refractivity (Wildman–Crippen MR) is 90.5 cm³/mol. The second-order valence-corrected chi connectivity index (χ2v) is 5.03. The molecule has 0 radical (unpaired) electrons. The molecule has 0 aliphatic carbocycles. The van der Waals surface area contributed by atoms with Crippen LogP contribution in [-0.2, 0) is 0 Å². The van der Waals surface area contributed by atoms with E-state index in [2.05, 4.69) is 10.4 Å². The van der Waals surface area contributed by atoms with Crippen molar-refractivity contribution in [3.8, 4) is 11.4 Å². The summed E-state index contributed by atoms with van der Waals surface area (Å²) in [5.41, 5.74) is 1.87. The van der Waals surface area contributed by atoms with Crippen molar-refractivity contribution in [1.29, 1.82) is 0 Å². The van der Waals surface area contributed by atoms with Gasteiger partial charge in [0.15, 0.2) is 5.69 Å². The van der Waals surface area contributed by atoms with Crippen LogP contribution in [0.15, 0.2) is 66.9 Å². The molecule has 0 aliphatic rings. The Kier molecular flexibility index (Phi) is 4.88. The van der Waals surface area contributed by atoms with Crippen LogP contribution in [0, 0.1) is 0 Å². The number of hydrogen-bond donors (Lipinski definition) is 2. The molecule has 122 valence electrons. The molecule has 0 spiro atoms. The number of aliphatic hydroxyl groups is 1. The molecule has 1 aromatic heterocycles. The van der Waals surface area contributed by atoms with Crippen molar-refractivity contribution in [2.24, 2.45) is 0 Å². The molecule has 6 nitrogen and oxygen atoms in total. The van der Waals surface area contributed by atoms with Gasteiger partial charge in [-0.15, -0.1) is 0 Å². The predicted octanol–water partition coefficient (Wildman–Crippen LogP) is 2.50. The Hall–Kier alpha value is -3.12. The lowest BCUT2D eigenvalue weighted by Crippen LogP contribution is -2.13. The summed E-state index contributed by atoms with van der Waals surface area (Å²) in [6.45, 7) is 0.200. The monoisotopic (exact) mass is 323 g/mol. The fourth-order valence-electron chi connectivity index (χ4n) is 2.16. The minimum Gasteiger partial charge on any atom is -0.491 e. The van der Waals surface area contributed by atoms with E-state index < -0.39 is 0 Å². The number of hydrogen-bond acceptors (Lipinski definition) is 4. The molecule has 2 aromatic carbocycles. The molecular formula is C18H17N3O3. The summed E-state index contributed by atoms with van der Waals surface area (Å²) in [5.74, 6) is 0.351. The minimum absolute atomic E-state index is 0.0391. The van der Waals surface area contributed by atoms with E-state index in [-0.39, 0.29) is 19.1 Å². The first-order valence-electron chi connectivity index (χ1n) is 7.52. The Balaban J connectivity index is 1.66. The first kappa shape index (κ1) is 15.8. The van der Waals surface area contributed by atoms with Gasteiger partial charge in [0.05, 0.1) is 12.3 Å². The van der Waals surface area contributed by atoms with Crippen molar-refractivity contribution in [3.63, 3.8) is 0 Å². The van der Waals surface area contributed by atoms with Crippen LogP contribution < -0.4 is 10.1 Å². The fraction of sp³-hybridized carbons (Fsp3) is 0.111. The molecule has 0 bridgehead atoms. The summed E-state index contributed by atoms with van der Waals surface area (Å²) in [6.07, 6.45) is 1.75. The average Bonchev–Trinajstić information content (AvgIpc) is 3.12. The number of nitrogens with one attached hydrogen (secondary N) is 1. The SMILES string of the molecule is O=C(Nc1ccc(OCCO)cc1)c1ccn(-c2ccccc2)n1. The number of amides is 1. The molecule has 1 heterocycles. The largest absolute Gasteiger partial charge is 0.491 e. The number of ether oxygens (including phenoxy) is 1. The third-order valence-electron chi connectivity index (χ3n) is 3.31. The van der Waals surface area contributed by atoms with E-state index in [9.17, 15) is 4.79 Å². The van der Waals surface area contributed by atoms with Gasteiger partial charge in [-0.25, -0.2) is 4.68 Å². The molecule has 0 unspecified atom stereocenters. The average molecular weight is 323 g/mol. The maximum atomic E-state index is 12.3. The van der Waals surface area contributed by atoms with Gasteiger partial charge in [-0.3, -0.25) is 4.79 Å². The van der Waals surface area contributed by atoms with Crippen LogP contribution in [0.25, 0.3) is 5.69 Å². The second-order valence-electron chi connectivity index (χ2n) is 5.03. The maximum absolute atomic E-state index is 12.3. The van der Waals surface area contributed by atoms with E-state index in [1.807, 2.05) is 30.3 Å². The molecule has 24 heavy (non-hydrogen) atoms. The van der Waals surface area contributed by atoms with Crippen LogP contribution in [0.4, 0.5) is 5.69 Å². The van der Waals surface area contributed by atoms with Gasteiger partial charge in [-0.1, -0.05) is 18.2 Å². The van der Waals surface area contributed by atoms with E-state index in [1.54, 1.807) is 41.2 Å². The third kappa shape index (κ3) is 3.80. The van der Waals surface area contributed by atoms with Crippen LogP contribution in [0.5, 0.6) is 5.75 Å². The van der Waals surface area contributed by atoms with E-state index in [1.165, 1.54) is 0 Å². The number of para-hydroxylation sites is 1. The molecular weight excluding hydrogens is 306 g/mol. The first-order chi connectivity index (χ1) is 11.8. The van der Waals surface area contributed by atoms with Gasteiger partial charge in [0.25, 0.3) is 5.91 Å². The van der Waals surface area contributed by atoms with Crippen molar-refractivity contribution >= 4 is 11.6 Å². The molecule has 3 aromatic rings. The summed E-state index contributed by atoms with van der Waals surface area (Å²) in [6, 6.07) is 18.2. The topological polar surface area (TPSA) is 76.4 Å². The molecule has 0 saturated carbocycles. The summed E-state index contributed by atoms with van der Waals surface area (Å²) in [4.78, 5) is 12.3. The van der Waals surface area contributed by atoms with Crippen LogP contribution in [-0.4, -0.2) is 34.0 Å². The molecule has 0 aliphatic heterocycles. The Bertz CT molecular complexity index is 798. The number of rotatable bonds is 6. The lowest BCUT2D eigenvalue weighted by Gasteiger charge is -2.06. The lowest BCUT2D eigenvalue weighted by molar-refractivity contribution is 0.102. The van der Waals surface area contributed by atoms with Gasteiger partial charge in [-0.05, 0) is 42.5 Å². The number of aromatic nitrogens is 2. The van der Waals surface area contributed by atoms with E-state index in [0.717, 1.165) is 5.69 Å². The minimum atomic E-state index is -0.284. The van der Waals surface area contributed by atoms with Crippen molar-refractivity contribution in [3.05, 3.63) is 72.6 Å². The molecule has 1 amide bonds. The van der Waals surface area contributed by atoms with Crippen LogP contribution in [0.2, 0.25) is 0 Å². The summed E-state index contributed by atoms with van der Waals surface area (Å²) >= 11 is 0. The Morgan fingerprint density at radius 2 is 1.83 bits per heavy atom. The van der Waals surface area contributed by atoms with Crippen molar-refractivity contribution < 1.29 is 14.6 Å². The Labute approximate surface area is 139 Å². The van der Waals surface area contributed by atoms with Gasteiger partial charge < -0.3 is 15.2 Å².